The monoisotopic (exact) mass is 371 g/mol. The molecule has 4 fully saturated rings. The Morgan fingerprint density at radius 1 is 1.00 bits per heavy atom. The minimum atomic E-state index is -0.273. The fourth-order valence-electron chi connectivity index (χ4n) is 5.85. The van der Waals surface area contributed by atoms with Gasteiger partial charge in [0.15, 0.2) is 18.1 Å². The first-order valence-corrected chi connectivity index (χ1v) is 9.97. The highest BCUT2D eigenvalue weighted by atomic mass is 16.7. The maximum atomic E-state index is 12.6. The Bertz CT molecular complexity index is 733. The highest BCUT2D eigenvalue weighted by Crippen LogP contribution is 2.56. The average Bonchev–Trinajstić information content (AvgIpc) is 3.11. The van der Waals surface area contributed by atoms with Crippen LogP contribution in [-0.2, 0) is 20.9 Å². The van der Waals surface area contributed by atoms with Gasteiger partial charge in [-0.25, -0.2) is 0 Å². The number of hydrogen-bond donors (Lipinski definition) is 1. The van der Waals surface area contributed by atoms with Crippen molar-refractivity contribution < 1.29 is 23.8 Å². The molecule has 144 valence electrons. The molecule has 6 heteroatoms. The highest BCUT2D eigenvalue weighted by Gasteiger charge is 2.51. The fourth-order valence-corrected chi connectivity index (χ4v) is 5.85. The van der Waals surface area contributed by atoms with E-state index >= 15 is 0 Å². The van der Waals surface area contributed by atoms with E-state index in [0.717, 1.165) is 23.1 Å². The van der Waals surface area contributed by atoms with Crippen LogP contribution in [0.4, 0.5) is 0 Å². The third kappa shape index (κ3) is 3.26. The molecular weight excluding hydrogens is 346 g/mol. The summed E-state index contributed by atoms with van der Waals surface area (Å²) in [5, 5.41) is 2.80. The number of benzene rings is 1. The van der Waals surface area contributed by atoms with Crippen molar-refractivity contribution in [3.05, 3.63) is 23.8 Å². The summed E-state index contributed by atoms with van der Waals surface area (Å²) >= 11 is 0. The van der Waals surface area contributed by atoms with Crippen molar-refractivity contribution in [1.82, 2.24) is 5.32 Å². The molecule has 1 amide bonds. The van der Waals surface area contributed by atoms with Crippen LogP contribution in [0.5, 0.6) is 11.5 Å². The smallest absolute Gasteiger partial charge is 0.310 e. The maximum Gasteiger partial charge on any atom is 0.310 e. The van der Waals surface area contributed by atoms with Gasteiger partial charge in [0.2, 0.25) is 6.79 Å². The van der Waals surface area contributed by atoms with E-state index in [1.807, 2.05) is 18.2 Å². The lowest BCUT2D eigenvalue weighted by molar-refractivity contribution is -0.164. The van der Waals surface area contributed by atoms with Crippen molar-refractivity contribution in [3.63, 3.8) is 0 Å². The molecule has 27 heavy (non-hydrogen) atoms. The predicted octanol–water partition coefficient (Wildman–Crippen LogP) is 2.65. The number of ether oxygens (including phenoxy) is 3. The van der Waals surface area contributed by atoms with E-state index in [9.17, 15) is 9.59 Å². The van der Waals surface area contributed by atoms with E-state index in [2.05, 4.69) is 5.32 Å². The van der Waals surface area contributed by atoms with E-state index < -0.39 is 0 Å². The van der Waals surface area contributed by atoms with Crippen molar-refractivity contribution in [2.24, 2.45) is 29.6 Å². The lowest BCUT2D eigenvalue weighted by Gasteiger charge is -2.53. The number of nitrogens with one attached hydrogen (secondary N) is 1. The van der Waals surface area contributed by atoms with Crippen LogP contribution >= 0.6 is 0 Å². The first kappa shape index (κ1) is 16.9. The van der Waals surface area contributed by atoms with Gasteiger partial charge in [0.1, 0.15) is 0 Å². The highest BCUT2D eigenvalue weighted by molar-refractivity contribution is 5.81. The Morgan fingerprint density at radius 3 is 2.44 bits per heavy atom. The molecule has 0 spiro atoms. The van der Waals surface area contributed by atoms with Gasteiger partial charge in [-0.3, -0.25) is 9.59 Å². The molecule has 0 saturated heterocycles. The van der Waals surface area contributed by atoms with Gasteiger partial charge < -0.3 is 19.5 Å². The first-order valence-electron chi connectivity index (χ1n) is 9.97. The Hall–Kier alpha value is -2.24. The van der Waals surface area contributed by atoms with E-state index in [0.29, 0.717) is 24.1 Å². The van der Waals surface area contributed by atoms with Gasteiger partial charge in [0.05, 0.1) is 5.92 Å². The number of carbonyl (C=O) groups is 2. The normalized spacial score (nSPS) is 32.4. The zero-order valence-corrected chi connectivity index (χ0v) is 15.3. The Morgan fingerprint density at radius 2 is 1.70 bits per heavy atom. The number of amides is 1. The predicted molar refractivity (Wildman–Crippen MR) is 95.9 cm³/mol. The van der Waals surface area contributed by atoms with Crippen LogP contribution in [-0.4, -0.2) is 25.3 Å². The summed E-state index contributed by atoms with van der Waals surface area (Å²) in [6, 6.07) is 5.56. The molecule has 1 heterocycles. The lowest BCUT2D eigenvalue weighted by atomic mass is 9.52. The van der Waals surface area contributed by atoms with Gasteiger partial charge >= 0.3 is 5.97 Å². The Balaban J connectivity index is 1.10. The number of rotatable bonds is 5. The molecule has 1 aromatic rings. The number of esters is 1. The third-order valence-electron chi connectivity index (χ3n) is 6.77. The standard InChI is InChI=1S/C21H25NO5/c23-19(22-9-12-1-2-17-18(8-12)27-11-26-17)10-25-21(24)20-15-4-13-3-14(6-15)7-16(20)5-13/h1-2,8,13-16,20H,3-7,9-11H2,(H,22,23). The average molecular weight is 371 g/mol. The summed E-state index contributed by atoms with van der Waals surface area (Å²) in [6.45, 7) is 0.392. The fraction of sp³-hybridized carbons (Fsp3) is 0.619. The molecule has 0 unspecified atom stereocenters. The summed E-state index contributed by atoms with van der Waals surface area (Å²) in [6.07, 6.45) is 6.04. The molecule has 6 nitrogen and oxygen atoms in total. The molecule has 0 atom stereocenters. The topological polar surface area (TPSA) is 73.9 Å². The second-order valence-electron chi connectivity index (χ2n) is 8.53. The number of carbonyl (C=O) groups excluding carboxylic acids is 2. The van der Waals surface area contributed by atoms with Crippen molar-refractivity contribution in [3.8, 4) is 11.5 Å². The van der Waals surface area contributed by atoms with E-state index in [-0.39, 0.29) is 31.2 Å². The van der Waals surface area contributed by atoms with Gasteiger partial charge in [-0.2, -0.15) is 0 Å². The van der Waals surface area contributed by atoms with Crippen LogP contribution in [0, 0.1) is 29.6 Å². The number of hydrogen-bond acceptors (Lipinski definition) is 5. The summed E-state index contributed by atoms with van der Waals surface area (Å²) in [5.41, 5.74) is 0.917. The molecule has 4 aliphatic carbocycles. The van der Waals surface area contributed by atoms with Crippen LogP contribution in [0.1, 0.15) is 37.7 Å². The minimum absolute atomic E-state index is 0.0134. The van der Waals surface area contributed by atoms with Gasteiger partial charge in [-0.05, 0) is 73.5 Å². The summed E-state index contributed by atoms with van der Waals surface area (Å²) < 4.78 is 16.0. The van der Waals surface area contributed by atoms with Gasteiger partial charge in [0.25, 0.3) is 5.91 Å². The zero-order chi connectivity index (χ0) is 18.4. The van der Waals surface area contributed by atoms with Gasteiger partial charge in [-0.15, -0.1) is 0 Å². The molecule has 0 radical (unpaired) electrons. The van der Waals surface area contributed by atoms with Gasteiger partial charge in [-0.1, -0.05) is 6.07 Å². The van der Waals surface area contributed by atoms with Crippen molar-refractivity contribution >= 4 is 11.9 Å². The molecule has 4 saturated carbocycles. The molecule has 1 aliphatic heterocycles. The van der Waals surface area contributed by atoms with E-state index in [4.69, 9.17) is 14.2 Å². The Labute approximate surface area is 158 Å². The second kappa shape index (κ2) is 6.73. The van der Waals surface area contributed by atoms with Crippen LogP contribution in [0.15, 0.2) is 18.2 Å². The van der Waals surface area contributed by atoms with Crippen LogP contribution < -0.4 is 14.8 Å². The molecule has 6 rings (SSSR count). The molecule has 1 N–H and O–H groups in total. The van der Waals surface area contributed by atoms with Crippen molar-refractivity contribution in [1.29, 1.82) is 0 Å². The van der Waals surface area contributed by atoms with Crippen molar-refractivity contribution in [2.75, 3.05) is 13.4 Å². The first-order chi connectivity index (χ1) is 13.2. The quantitative estimate of drug-likeness (QED) is 0.806. The molecule has 0 aromatic heterocycles. The van der Waals surface area contributed by atoms with Gasteiger partial charge in [0, 0.05) is 6.54 Å². The molecule has 4 bridgehead atoms. The van der Waals surface area contributed by atoms with Crippen LogP contribution in [0.3, 0.4) is 0 Å². The van der Waals surface area contributed by atoms with Crippen LogP contribution in [0.25, 0.3) is 0 Å². The summed E-state index contributed by atoms with van der Waals surface area (Å²) in [4.78, 5) is 24.7. The second-order valence-corrected chi connectivity index (χ2v) is 8.53. The van der Waals surface area contributed by atoms with E-state index in [1.54, 1.807) is 0 Å². The lowest BCUT2D eigenvalue weighted by Crippen LogP contribution is -2.48. The summed E-state index contributed by atoms with van der Waals surface area (Å²) in [7, 11) is 0. The molecule has 5 aliphatic rings. The van der Waals surface area contributed by atoms with Crippen molar-refractivity contribution in [2.45, 2.75) is 38.6 Å². The largest absolute Gasteiger partial charge is 0.455 e. The van der Waals surface area contributed by atoms with E-state index in [1.165, 1.54) is 32.1 Å². The summed E-state index contributed by atoms with van der Waals surface area (Å²) in [5.74, 6) is 3.58. The van der Waals surface area contributed by atoms with Crippen LogP contribution in [0.2, 0.25) is 0 Å². The minimum Gasteiger partial charge on any atom is -0.455 e. The molecular formula is C21H25NO5. The number of fused-ring (bicyclic) bond motifs is 1. The molecule has 1 aromatic carbocycles. The Kier molecular flexibility index (Phi) is 4.21. The maximum absolute atomic E-state index is 12.6. The zero-order valence-electron chi connectivity index (χ0n) is 15.3. The third-order valence-corrected chi connectivity index (χ3v) is 6.77. The SMILES string of the molecule is O=C(COC(=O)C1C2CC3CC(C2)CC1C3)NCc1ccc2c(c1)OCO2.